The Balaban J connectivity index is 1.29. The summed E-state index contributed by atoms with van der Waals surface area (Å²) in [4.78, 5) is 13.5. The van der Waals surface area contributed by atoms with Crippen LogP contribution in [0.2, 0.25) is 0 Å². The van der Waals surface area contributed by atoms with Gasteiger partial charge in [0.25, 0.3) is 0 Å². The number of thiophene rings is 1. The molecule has 0 saturated heterocycles. The molecule has 12 rings (SSSR count). The highest BCUT2D eigenvalue weighted by Gasteiger charge is 2.40. The molecule has 1 aliphatic rings. The summed E-state index contributed by atoms with van der Waals surface area (Å²) in [7, 11) is 0. The second kappa shape index (κ2) is 10.8. The van der Waals surface area contributed by atoms with E-state index >= 15 is 0 Å². The van der Waals surface area contributed by atoms with Crippen LogP contribution in [0.4, 0.5) is 0 Å². The summed E-state index contributed by atoms with van der Waals surface area (Å²) >= 11 is 1.73. The lowest BCUT2D eigenvalue weighted by atomic mass is 9.80. The third kappa shape index (κ3) is 3.81. The smallest absolute Gasteiger partial charge is 0.166 e. The highest BCUT2D eigenvalue weighted by atomic mass is 32.1. The van der Waals surface area contributed by atoms with Gasteiger partial charge in [0.1, 0.15) is 20.9 Å². The minimum Gasteiger partial charge on any atom is -0.301 e. The molecule has 0 aliphatic heterocycles. The first kappa shape index (κ1) is 30.0. The first-order valence-corrected chi connectivity index (χ1v) is 19.3. The normalized spacial score (nSPS) is 13.5. The third-order valence-electron chi connectivity index (χ3n) is 11.7. The molecule has 0 amide bonds. The van der Waals surface area contributed by atoms with Gasteiger partial charge in [-0.3, -0.25) is 4.57 Å². The fourth-order valence-electron chi connectivity index (χ4n) is 9.47. The molecule has 54 heavy (non-hydrogen) atoms. The third-order valence-corrected chi connectivity index (χ3v) is 12.8. The maximum Gasteiger partial charge on any atom is 0.166 e. The van der Waals surface area contributed by atoms with E-state index in [1.54, 1.807) is 11.3 Å². The molecular formula is C49H32N4S. The summed E-state index contributed by atoms with van der Waals surface area (Å²) in [5.74, 6) is 0.851. The maximum absolute atomic E-state index is 5.75. The highest BCUT2D eigenvalue weighted by molar-refractivity contribution is 7.25. The van der Waals surface area contributed by atoms with E-state index in [4.69, 9.17) is 9.97 Å². The van der Waals surface area contributed by atoms with Crippen LogP contribution in [0.1, 0.15) is 25.0 Å². The Morgan fingerprint density at radius 1 is 0.537 bits per heavy atom. The van der Waals surface area contributed by atoms with E-state index < -0.39 is 0 Å². The molecule has 0 unspecified atom stereocenters. The van der Waals surface area contributed by atoms with E-state index in [-0.39, 0.29) is 5.41 Å². The molecule has 4 aromatic heterocycles. The Kier molecular flexibility index (Phi) is 5.96. The van der Waals surface area contributed by atoms with Crippen LogP contribution in [0, 0.1) is 0 Å². The number of hydrogen-bond acceptors (Lipinski definition) is 3. The lowest BCUT2D eigenvalue weighted by Gasteiger charge is -2.24. The van der Waals surface area contributed by atoms with Gasteiger partial charge < -0.3 is 4.57 Å². The zero-order chi connectivity index (χ0) is 35.7. The molecule has 4 nitrogen and oxygen atoms in total. The van der Waals surface area contributed by atoms with Crippen molar-refractivity contribution in [2.45, 2.75) is 19.3 Å². The molecule has 4 heterocycles. The SMILES string of the molecule is CC1(C)c2ccccc2-c2c1c1c(c3ccccc23)c2ccccc2n1-c1nc2sc3c(c4ccccc4n3-c3ccccc3)c2nc1-c1ccccc1. The van der Waals surface area contributed by atoms with E-state index in [1.165, 1.54) is 60.2 Å². The second-order valence-corrected chi connectivity index (χ2v) is 15.9. The van der Waals surface area contributed by atoms with Gasteiger partial charge in [0.05, 0.1) is 16.6 Å². The van der Waals surface area contributed by atoms with Gasteiger partial charge >= 0.3 is 0 Å². The summed E-state index contributed by atoms with van der Waals surface area (Å²) in [6.07, 6.45) is 0. The van der Waals surface area contributed by atoms with Crippen molar-refractivity contribution in [3.05, 3.63) is 169 Å². The first-order chi connectivity index (χ1) is 26.6. The molecule has 0 atom stereocenters. The molecule has 0 saturated carbocycles. The predicted molar refractivity (Wildman–Crippen MR) is 227 cm³/mol. The number of nitrogens with zero attached hydrogens (tertiary/aromatic N) is 4. The Hall–Kier alpha value is -6.56. The quantitative estimate of drug-likeness (QED) is 0.183. The van der Waals surface area contributed by atoms with E-state index in [9.17, 15) is 0 Å². The Morgan fingerprint density at radius 3 is 1.89 bits per heavy atom. The minimum absolute atomic E-state index is 0.255. The van der Waals surface area contributed by atoms with Gasteiger partial charge in [0.2, 0.25) is 0 Å². The maximum atomic E-state index is 5.75. The van der Waals surface area contributed by atoms with Crippen LogP contribution in [-0.4, -0.2) is 19.1 Å². The van der Waals surface area contributed by atoms with Crippen LogP contribution in [0.5, 0.6) is 0 Å². The molecule has 5 heteroatoms. The van der Waals surface area contributed by atoms with Crippen LogP contribution < -0.4 is 0 Å². The van der Waals surface area contributed by atoms with Gasteiger partial charge in [0.15, 0.2) is 5.82 Å². The van der Waals surface area contributed by atoms with E-state index in [0.29, 0.717) is 0 Å². The van der Waals surface area contributed by atoms with Crippen molar-refractivity contribution < 1.29 is 0 Å². The van der Waals surface area contributed by atoms with Crippen LogP contribution >= 0.6 is 11.3 Å². The minimum atomic E-state index is -0.255. The summed E-state index contributed by atoms with van der Waals surface area (Å²) in [6.45, 7) is 4.78. The Morgan fingerprint density at radius 2 is 1.13 bits per heavy atom. The molecule has 0 fully saturated rings. The van der Waals surface area contributed by atoms with Crippen molar-refractivity contribution in [2.75, 3.05) is 0 Å². The van der Waals surface area contributed by atoms with Crippen LogP contribution in [0.25, 0.3) is 97.9 Å². The average Bonchev–Trinajstić information content (AvgIpc) is 3.92. The molecule has 0 spiro atoms. The van der Waals surface area contributed by atoms with Crippen LogP contribution in [0.3, 0.4) is 0 Å². The number of hydrogen-bond donors (Lipinski definition) is 0. The molecule has 11 aromatic rings. The van der Waals surface area contributed by atoms with Gasteiger partial charge in [-0.1, -0.05) is 159 Å². The first-order valence-electron chi connectivity index (χ1n) is 18.5. The summed E-state index contributed by atoms with van der Waals surface area (Å²) < 4.78 is 4.83. The van der Waals surface area contributed by atoms with Crippen molar-refractivity contribution >= 4 is 75.4 Å². The largest absolute Gasteiger partial charge is 0.301 e. The average molecular weight is 709 g/mol. The molecular weight excluding hydrogens is 677 g/mol. The van der Waals surface area contributed by atoms with Crippen molar-refractivity contribution in [2.24, 2.45) is 0 Å². The van der Waals surface area contributed by atoms with Crippen molar-refractivity contribution in [1.82, 2.24) is 19.1 Å². The lowest BCUT2D eigenvalue weighted by Crippen LogP contribution is -2.17. The second-order valence-electron chi connectivity index (χ2n) is 14.9. The van der Waals surface area contributed by atoms with Gasteiger partial charge in [-0.05, 0) is 57.3 Å². The van der Waals surface area contributed by atoms with E-state index in [2.05, 4.69) is 181 Å². The molecule has 0 bridgehead atoms. The van der Waals surface area contributed by atoms with Crippen molar-refractivity contribution in [3.63, 3.8) is 0 Å². The number of rotatable bonds is 3. The summed E-state index contributed by atoms with van der Waals surface area (Å²) in [6, 6.07) is 56.8. The molecule has 1 aliphatic carbocycles. The molecule has 0 radical (unpaired) electrons. The van der Waals surface area contributed by atoms with Crippen molar-refractivity contribution in [3.8, 4) is 33.9 Å². The number of benzene rings is 7. The fourth-order valence-corrected chi connectivity index (χ4v) is 10.6. The van der Waals surface area contributed by atoms with Crippen LogP contribution in [0.15, 0.2) is 158 Å². The van der Waals surface area contributed by atoms with Gasteiger partial charge in [-0.2, -0.15) is 0 Å². The van der Waals surface area contributed by atoms with E-state index in [0.717, 1.165) is 48.8 Å². The topological polar surface area (TPSA) is 35.6 Å². The fraction of sp³-hybridized carbons (Fsp3) is 0.0612. The van der Waals surface area contributed by atoms with Crippen LogP contribution in [-0.2, 0) is 5.41 Å². The zero-order valence-electron chi connectivity index (χ0n) is 29.7. The summed E-state index contributed by atoms with van der Waals surface area (Å²) in [5.41, 5.74) is 12.6. The standard InChI is InChI=1S/C49H32N4S/c1-49(2)36-26-14-11-23-33(36)39-31-21-9-10-22-32(31)40-34-24-12-16-28-38(34)53(45(40)42(39)49)46-43(29-17-5-3-6-18-29)50-44-41-35-25-13-15-27-37(35)52(30-19-7-4-8-20-30)48(41)54-47(44)51-46/h3-28H,1-2H3. The van der Waals surface area contributed by atoms with Crippen molar-refractivity contribution in [1.29, 1.82) is 0 Å². The van der Waals surface area contributed by atoms with Gasteiger partial charge in [-0.25, -0.2) is 9.97 Å². The Bertz CT molecular complexity index is 3350. The molecule has 254 valence electrons. The zero-order valence-corrected chi connectivity index (χ0v) is 30.5. The number of fused-ring (bicyclic) bond motifs is 15. The molecule has 7 aromatic carbocycles. The lowest BCUT2D eigenvalue weighted by molar-refractivity contribution is 0.664. The highest BCUT2D eigenvalue weighted by Crippen LogP contribution is 2.56. The number of para-hydroxylation sites is 3. The Labute approximate surface area is 315 Å². The predicted octanol–water partition coefficient (Wildman–Crippen LogP) is 13.0. The summed E-state index contributed by atoms with van der Waals surface area (Å²) in [5, 5.41) is 7.37. The van der Waals surface area contributed by atoms with Gasteiger partial charge in [0, 0.05) is 38.2 Å². The molecule has 0 N–H and O–H groups in total. The van der Waals surface area contributed by atoms with Gasteiger partial charge in [-0.15, -0.1) is 0 Å². The van der Waals surface area contributed by atoms with E-state index in [1.807, 2.05) is 0 Å². The monoisotopic (exact) mass is 708 g/mol. The number of aromatic nitrogens is 4.